The number of nitrogens with zero attached hydrogens (tertiary/aromatic N) is 2. The molecule has 0 amide bonds. The molecule has 21 heavy (non-hydrogen) atoms. The zero-order valence-corrected chi connectivity index (χ0v) is 13.9. The lowest BCUT2D eigenvalue weighted by Crippen LogP contribution is -2.38. The van der Waals surface area contributed by atoms with Crippen molar-refractivity contribution in [1.29, 1.82) is 0 Å². The van der Waals surface area contributed by atoms with E-state index in [-0.39, 0.29) is 24.5 Å². The van der Waals surface area contributed by atoms with Gasteiger partial charge in [0.2, 0.25) is 20.0 Å². The van der Waals surface area contributed by atoms with Crippen LogP contribution in [-0.4, -0.2) is 57.2 Å². The van der Waals surface area contributed by atoms with Crippen LogP contribution in [0.1, 0.15) is 11.4 Å². The van der Waals surface area contributed by atoms with E-state index in [1.165, 1.54) is 6.08 Å². The van der Waals surface area contributed by atoms with E-state index in [1.807, 2.05) is 0 Å². The van der Waals surface area contributed by atoms with Gasteiger partial charge in [0.15, 0.2) is 0 Å². The van der Waals surface area contributed by atoms with Crippen LogP contribution in [0, 0.1) is 13.8 Å². The first-order valence-electron chi connectivity index (χ1n) is 6.17. The minimum Gasteiger partial charge on any atom is -0.281 e. The largest absolute Gasteiger partial charge is 0.281 e. The fraction of sp³-hybridized carbons (Fsp3) is 0.545. The normalized spacial score (nSPS) is 12.8. The molecule has 10 heteroatoms. The minimum absolute atomic E-state index is 0.0278. The van der Waals surface area contributed by atoms with E-state index in [9.17, 15) is 16.8 Å². The van der Waals surface area contributed by atoms with Crippen molar-refractivity contribution in [1.82, 2.24) is 19.2 Å². The van der Waals surface area contributed by atoms with Gasteiger partial charge in [-0.15, -0.1) is 6.58 Å². The van der Waals surface area contributed by atoms with Crippen molar-refractivity contribution in [2.45, 2.75) is 18.7 Å². The number of rotatable bonds is 8. The molecule has 1 aromatic rings. The summed E-state index contributed by atoms with van der Waals surface area (Å²) in [5.41, 5.74) is 0.803. The molecule has 0 aliphatic carbocycles. The van der Waals surface area contributed by atoms with Crippen LogP contribution in [-0.2, 0) is 20.0 Å². The molecule has 8 nitrogen and oxygen atoms in total. The molecule has 0 aliphatic heterocycles. The smallest absolute Gasteiger partial charge is 0.244 e. The molecule has 0 aromatic carbocycles. The third-order valence-corrected chi connectivity index (χ3v) is 5.78. The average Bonchev–Trinajstić information content (AvgIpc) is 2.67. The summed E-state index contributed by atoms with van der Waals surface area (Å²) in [7, 11) is -7.13. The first-order chi connectivity index (χ1) is 9.59. The fourth-order valence-electron chi connectivity index (χ4n) is 1.85. The number of hydrogen-bond acceptors (Lipinski definition) is 5. The Bertz CT molecular complexity index is 687. The standard InChI is InChI=1S/C11H20N4O4S2/c1-5-7-15(20(4,16)17)8-6-12-21(18,19)11-9(2)13-14-10(11)3/h5,12H,1,6-8H2,2-4H3,(H,13,14). The van der Waals surface area contributed by atoms with E-state index in [0.717, 1.165) is 10.6 Å². The minimum atomic E-state index is -3.73. The second-order valence-electron chi connectivity index (χ2n) is 4.57. The predicted molar refractivity (Wildman–Crippen MR) is 79.9 cm³/mol. The van der Waals surface area contributed by atoms with Gasteiger partial charge in [-0.25, -0.2) is 21.6 Å². The lowest BCUT2D eigenvalue weighted by molar-refractivity contribution is 0.447. The Morgan fingerprint density at radius 1 is 1.33 bits per heavy atom. The number of sulfonamides is 2. The number of hydrogen-bond donors (Lipinski definition) is 2. The third kappa shape index (κ3) is 4.63. The van der Waals surface area contributed by atoms with E-state index in [1.54, 1.807) is 13.8 Å². The summed E-state index contributed by atoms with van der Waals surface area (Å²) >= 11 is 0. The number of aryl methyl sites for hydroxylation is 2. The van der Waals surface area contributed by atoms with Crippen LogP contribution in [0.15, 0.2) is 17.6 Å². The van der Waals surface area contributed by atoms with Crippen molar-refractivity contribution in [2.24, 2.45) is 0 Å². The highest BCUT2D eigenvalue weighted by Gasteiger charge is 2.22. The SMILES string of the molecule is C=CCN(CCNS(=O)(=O)c1c(C)n[nH]c1C)S(C)(=O)=O. The van der Waals surface area contributed by atoms with E-state index in [4.69, 9.17) is 0 Å². The Labute approximate surface area is 125 Å². The highest BCUT2D eigenvalue weighted by Crippen LogP contribution is 2.15. The van der Waals surface area contributed by atoms with Gasteiger partial charge in [-0.2, -0.15) is 9.40 Å². The van der Waals surface area contributed by atoms with Crippen molar-refractivity contribution in [3.8, 4) is 0 Å². The zero-order chi connectivity index (χ0) is 16.3. The fourth-order valence-corrected chi connectivity index (χ4v) is 4.04. The molecule has 0 spiro atoms. The van der Waals surface area contributed by atoms with Gasteiger partial charge in [0.05, 0.1) is 17.6 Å². The first-order valence-corrected chi connectivity index (χ1v) is 9.50. The van der Waals surface area contributed by atoms with Crippen molar-refractivity contribution in [3.05, 3.63) is 24.0 Å². The zero-order valence-electron chi connectivity index (χ0n) is 12.2. The Hall–Kier alpha value is -1.23. The molecular formula is C11H20N4O4S2. The molecule has 2 N–H and O–H groups in total. The molecular weight excluding hydrogens is 316 g/mol. The maximum absolute atomic E-state index is 12.2. The van der Waals surface area contributed by atoms with E-state index >= 15 is 0 Å². The van der Waals surface area contributed by atoms with E-state index in [2.05, 4.69) is 21.5 Å². The first kappa shape index (κ1) is 17.8. The molecule has 0 bridgehead atoms. The van der Waals surface area contributed by atoms with Crippen molar-refractivity contribution in [3.63, 3.8) is 0 Å². The quantitative estimate of drug-likeness (QED) is 0.636. The summed E-state index contributed by atoms with van der Waals surface area (Å²) < 4.78 is 50.8. The lowest BCUT2D eigenvalue weighted by atomic mass is 10.4. The van der Waals surface area contributed by atoms with Crippen LogP contribution < -0.4 is 4.72 Å². The Morgan fingerprint density at radius 3 is 2.38 bits per heavy atom. The van der Waals surface area contributed by atoms with Crippen LogP contribution in [0.5, 0.6) is 0 Å². The molecule has 0 saturated carbocycles. The van der Waals surface area contributed by atoms with E-state index < -0.39 is 20.0 Å². The van der Waals surface area contributed by atoms with Crippen molar-refractivity contribution in [2.75, 3.05) is 25.9 Å². The molecule has 1 rings (SSSR count). The Morgan fingerprint density at radius 2 is 1.95 bits per heavy atom. The third-order valence-electron chi connectivity index (χ3n) is 2.78. The molecule has 0 aliphatic rings. The van der Waals surface area contributed by atoms with Crippen LogP contribution >= 0.6 is 0 Å². The van der Waals surface area contributed by atoms with Gasteiger partial charge in [-0.1, -0.05) is 6.08 Å². The summed E-state index contributed by atoms with van der Waals surface area (Å²) in [6.07, 6.45) is 2.51. The number of aromatic amines is 1. The summed E-state index contributed by atoms with van der Waals surface area (Å²) in [5.74, 6) is 0. The number of aromatic nitrogens is 2. The highest BCUT2D eigenvalue weighted by molar-refractivity contribution is 7.89. The van der Waals surface area contributed by atoms with Crippen molar-refractivity contribution < 1.29 is 16.8 Å². The van der Waals surface area contributed by atoms with Gasteiger partial charge in [0.1, 0.15) is 4.90 Å². The molecule has 0 saturated heterocycles. The summed E-state index contributed by atoms with van der Waals surface area (Å²) in [4.78, 5) is 0.0946. The van der Waals surface area contributed by atoms with Crippen LogP contribution in [0.25, 0.3) is 0 Å². The van der Waals surface area contributed by atoms with Crippen LogP contribution in [0.4, 0.5) is 0 Å². The molecule has 0 fully saturated rings. The van der Waals surface area contributed by atoms with Gasteiger partial charge in [0, 0.05) is 19.6 Å². The second-order valence-corrected chi connectivity index (χ2v) is 8.26. The van der Waals surface area contributed by atoms with Gasteiger partial charge in [0.25, 0.3) is 0 Å². The Kier molecular flexibility index (Phi) is 5.68. The Balaban J connectivity index is 2.77. The monoisotopic (exact) mass is 336 g/mol. The van der Waals surface area contributed by atoms with Crippen LogP contribution in [0.3, 0.4) is 0 Å². The topological polar surface area (TPSA) is 112 Å². The summed E-state index contributed by atoms with van der Waals surface area (Å²) in [6, 6.07) is 0. The summed E-state index contributed by atoms with van der Waals surface area (Å²) in [6.45, 7) is 6.79. The van der Waals surface area contributed by atoms with Gasteiger partial charge >= 0.3 is 0 Å². The van der Waals surface area contributed by atoms with Crippen molar-refractivity contribution >= 4 is 20.0 Å². The highest BCUT2D eigenvalue weighted by atomic mass is 32.2. The molecule has 1 heterocycles. The van der Waals surface area contributed by atoms with Gasteiger partial charge < -0.3 is 0 Å². The summed E-state index contributed by atoms with van der Waals surface area (Å²) in [5, 5.41) is 6.43. The lowest BCUT2D eigenvalue weighted by Gasteiger charge is -2.18. The van der Waals surface area contributed by atoms with E-state index in [0.29, 0.717) is 11.4 Å². The number of nitrogens with one attached hydrogen (secondary N) is 2. The molecule has 120 valence electrons. The maximum Gasteiger partial charge on any atom is 0.244 e. The maximum atomic E-state index is 12.2. The number of H-pyrrole nitrogens is 1. The molecule has 0 radical (unpaired) electrons. The average molecular weight is 336 g/mol. The van der Waals surface area contributed by atoms with Gasteiger partial charge in [-0.3, -0.25) is 5.10 Å². The molecule has 0 atom stereocenters. The second kappa shape index (κ2) is 6.69. The molecule has 0 unspecified atom stereocenters. The molecule has 1 aromatic heterocycles. The predicted octanol–water partition coefficient (Wildman–Crippen LogP) is -0.248. The van der Waals surface area contributed by atoms with Crippen LogP contribution in [0.2, 0.25) is 0 Å². The van der Waals surface area contributed by atoms with Gasteiger partial charge in [-0.05, 0) is 13.8 Å².